The normalized spacial score (nSPS) is 44.7. The summed E-state index contributed by atoms with van der Waals surface area (Å²) in [6.07, 6.45) is 2.17. The molecule has 3 atom stereocenters. The van der Waals surface area contributed by atoms with Crippen LogP contribution in [0.4, 0.5) is 0 Å². The summed E-state index contributed by atoms with van der Waals surface area (Å²) < 4.78 is 0. The van der Waals surface area contributed by atoms with Gasteiger partial charge in [0.2, 0.25) is 5.91 Å². The van der Waals surface area contributed by atoms with Crippen molar-refractivity contribution < 1.29 is 9.90 Å². The van der Waals surface area contributed by atoms with Gasteiger partial charge in [0.25, 0.3) is 0 Å². The molecule has 2 fully saturated rings. The van der Waals surface area contributed by atoms with Crippen molar-refractivity contribution in [3.63, 3.8) is 0 Å². The van der Waals surface area contributed by atoms with Gasteiger partial charge in [-0.1, -0.05) is 20.8 Å². The van der Waals surface area contributed by atoms with Crippen LogP contribution < -0.4 is 5.32 Å². The lowest BCUT2D eigenvalue weighted by molar-refractivity contribution is -0.135. The molecule has 2 N–H and O–H groups in total. The fourth-order valence-electron chi connectivity index (χ4n) is 3.96. The maximum atomic E-state index is 12.3. The van der Waals surface area contributed by atoms with Crippen LogP contribution in [-0.4, -0.2) is 23.7 Å². The Balaban J connectivity index is 2.40. The van der Waals surface area contributed by atoms with Crippen molar-refractivity contribution in [2.75, 3.05) is 6.54 Å². The van der Waals surface area contributed by atoms with Gasteiger partial charge in [0.05, 0.1) is 11.5 Å². The number of nitrogens with one attached hydrogen (secondary N) is 1. The molecule has 0 aromatic heterocycles. The summed E-state index contributed by atoms with van der Waals surface area (Å²) in [5.41, 5.74) is -0.562. The first-order valence-electron chi connectivity index (χ1n) is 6.28. The zero-order chi connectivity index (χ0) is 12.2. The van der Waals surface area contributed by atoms with Gasteiger partial charge >= 0.3 is 0 Å². The molecule has 0 saturated heterocycles. The molecule has 0 radical (unpaired) electrons. The molecule has 1 amide bonds. The van der Waals surface area contributed by atoms with Crippen LogP contribution in [0.25, 0.3) is 0 Å². The Hall–Kier alpha value is -0.570. The molecule has 0 aromatic carbocycles. The molecule has 16 heavy (non-hydrogen) atoms. The standard InChI is InChI=1S/C13H23NO2/c1-5-14-10(16)13-7-6-12(4,9(15)8-13)11(13,2)3/h9,15H,5-8H2,1-4H3,(H,14,16)/t9-,12+,13+/m1/s1. The molecule has 0 unspecified atom stereocenters. The zero-order valence-corrected chi connectivity index (χ0v) is 10.8. The Morgan fingerprint density at radius 3 is 2.38 bits per heavy atom. The molecule has 92 valence electrons. The molecule has 3 heteroatoms. The van der Waals surface area contributed by atoms with E-state index < -0.39 is 0 Å². The zero-order valence-electron chi connectivity index (χ0n) is 10.8. The fraction of sp³-hybridized carbons (Fsp3) is 0.923. The van der Waals surface area contributed by atoms with Crippen molar-refractivity contribution in [1.82, 2.24) is 5.32 Å². The van der Waals surface area contributed by atoms with E-state index in [1.807, 2.05) is 6.92 Å². The van der Waals surface area contributed by atoms with Crippen LogP contribution in [0.5, 0.6) is 0 Å². The van der Waals surface area contributed by atoms with Gasteiger partial charge in [-0.2, -0.15) is 0 Å². The van der Waals surface area contributed by atoms with Gasteiger partial charge in [0.15, 0.2) is 0 Å². The van der Waals surface area contributed by atoms with Crippen LogP contribution >= 0.6 is 0 Å². The molecule has 2 aliphatic carbocycles. The van der Waals surface area contributed by atoms with Gasteiger partial charge < -0.3 is 10.4 Å². The Kier molecular flexibility index (Phi) is 2.40. The van der Waals surface area contributed by atoms with Gasteiger partial charge in [0, 0.05) is 6.54 Å². The number of amides is 1. The highest BCUT2D eigenvalue weighted by molar-refractivity contribution is 5.85. The van der Waals surface area contributed by atoms with Gasteiger partial charge in [-0.15, -0.1) is 0 Å². The molecule has 0 aromatic rings. The van der Waals surface area contributed by atoms with E-state index in [1.165, 1.54) is 0 Å². The molecule has 0 aliphatic heterocycles. The Morgan fingerprint density at radius 1 is 1.38 bits per heavy atom. The van der Waals surface area contributed by atoms with Gasteiger partial charge in [-0.05, 0) is 37.0 Å². The number of fused-ring (bicyclic) bond motifs is 2. The van der Waals surface area contributed by atoms with Crippen LogP contribution in [0.2, 0.25) is 0 Å². The summed E-state index contributed by atoms with van der Waals surface area (Å²) in [4.78, 5) is 12.3. The Labute approximate surface area is 97.6 Å². The van der Waals surface area contributed by atoms with Crippen LogP contribution in [0.3, 0.4) is 0 Å². The summed E-state index contributed by atoms with van der Waals surface area (Å²) in [7, 11) is 0. The molecular weight excluding hydrogens is 202 g/mol. The lowest BCUT2D eigenvalue weighted by Crippen LogP contribution is -2.46. The van der Waals surface area contributed by atoms with Gasteiger partial charge in [-0.25, -0.2) is 0 Å². The van der Waals surface area contributed by atoms with E-state index in [-0.39, 0.29) is 28.3 Å². The van der Waals surface area contributed by atoms with Crippen molar-refractivity contribution in [1.29, 1.82) is 0 Å². The number of aliphatic hydroxyl groups is 1. The molecule has 0 spiro atoms. The quantitative estimate of drug-likeness (QED) is 0.751. The molecule has 2 bridgehead atoms. The molecule has 2 aliphatic rings. The second-order valence-electron chi connectivity index (χ2n) is 6.20. The Morgan fingerprint density at radius 2 is 2.00 bits per heavy atom. The Bertz CT molecular complexity index is 326. The number of hydrogen-bond donors (Lipinski definition) is 2. The minimum Gasteiger partial charge on any atom is -0.393 e. The fourth-order valence-corrected chi connectivity index (χ4v) is 3.96. The van der Waals surface area contributed by atoms with Crippen molar-refractivity contribution in [2.24, 2.45) is 16.2 Å². The molecule has 3 nitrogen and oxygen atoms in total. The lowest BCUT2D eigenvalue weighted by Gasteiger charge is -2.40. The van der Waals surface area contributed by atoms with Crippen molar-refractivity contribution >= 4 is 5.91 Å². The third-order valence-corrected chi connectivity index (χ3v) is 5.74. The molecular formula is C13H23NO2. The topological polar surface area (TPSA) is 49.3 Å². The maximum absolute atomic E-state index is 12.3. The number of rotatable bonds is 2. The lowest BCUT2D eigenvalue weighted by atomic mass is 9.64. The summed E-state index contributed by atoms with van der Waals surface area (Å²) in [6.45, 7) is 9.03. The van der Waals surface area contributed by atoms with Gasteiger partial charge in [0.1, 0.15) is 0 Å². The van der Waals surface area contributed by atoms with E-state index in [4.69, 9.17) is 0 Å². The minimum absolute atomic E-state index is 0.0991. The van der Waals surface area contributed by atoms with Crippen LogP contribution in [0.15, 0.2) is 0 Å². The highest BCUT2D eigenvalue weighted by Gasteiger charge is 2.71. The largest absolute Gasteiger partial charge is 0.393 e. The highest BCUT2D eigenvalue weighted by atomic mass is 16.3. The number of hydrogen-bond acceptors (Lipinski definition) is 2. The summed E-state index contributed by atoms with van der Waals surface area (Å²) >= 11 is 0. The number of carbonyl (C=O) groups excluding carboxylic acids is 1. The van der Waals surface area contributed by atoms with E-state index in [2.05, 4.69) is 26.1 Å². The maximum Gasteiger partial charge on any atom is 0.226 e. The second kappa shape index (κ2) is 3.22. The van der Waals surface area contributed by atoms with E-state index >= 15 is 0 Å². The van der Waals surface area contributed by atoms with Crippen LogP contribution in [0, 0.1) is 16.2 Å². The summed E-state index contributed by atoms with van der Waals surface area (Å²) in [6, 6.07) is 0. The number of carbonyl (C=O) groups is 1. The predicted octanol–water partition coefficient (Wildman–Crippen LogP) is 1.70. The van der Waals surface area contributed by atoms with Crippen LogP contribution in [-0.2, 0) is 4.79 Å². The van der Waals surface area contributed by atoms with Gasteiger partial charge in [-0.3, -0.25) is 4.79 Å². The SMILES string of the molecule is CCNC(=O)[C@]12CC[C@@](C)([C@H](O)C1)C2(C)C. The predicted molar refractivity (Wildman–Crippen MR) is 62.9 cm³/mol. The first-order chi connectivity index (χ1) is 7.32. The summed E-state index contributed by atoms with van der Waals surface area (Å²) in [5.74, 6) is 0.139. The number of aliphatic hydroxyl groups excluding tert-OH is 1. The molecule has 2 rings (SSSR count). The first kappa shape index (κ1) is 11.9. The summed E-state index contributed by atoms with van der Waals surface area (Å²) in [5, 5.41) is 13.2. The van der Waals surface area contributed by atoms with E-state index in [9.17, 15) is 9.90 Å². The smallest absolute Gasteiger partial charge is 0.226 e. The van der Waals surface area contributed by atoms with Crippen LogP contribution in [0.1, 0.15) is 47.0 Å². The van der Waals surface area contributed by atoms with E-state index in [0.717, 1.165) is 12.8 Å². The third-order valence-electron chi connectivity index (χ3n) is 5.74. The average molecular weight is 225 g/mol. The highest BCUT2D eigenvalue weighted by Crippen LogP contribution is 2.72. The van der Waals surface area contributed by atoms with Crippen molar-refractivity contribution in [3.8, 4) is 0 Å². The third kappa shape index (κ3) is 1.05. The first-order valence-corrected chi connectivity index (χ1v) is 6.28. The molecule has 2 saturated carbocycles. The van der Waals surface area contributed by atoms with Crippen molar-refractivity contribution in [3.05, 3.63) is 0 Å². The molecule has 0 heterocycles. The second-order valence-corrected chi connectivity index (χ2v) is 6.20. The average Bonchev–Trinajstić information content (AvgIpc) is 2.48. The monoisotopic (exact) mass is 225 g/mol. The van der Waals surface area contributed by atoms with E-state index in [1.54, 1.807) is 0 Å². The minimum atomic E-state index is -0.350. The van der Waals surface area contributed by atoms with E-state index in [0.29, 0.717) is 13.0 Å². The van der Waals surface area contributed by atoms with Crippen molar-refractivity contribution in [2.45, 2.75) is 53.1 Å².